The summed E-state index contributed by atoms with van der Waals surface area (Å²) >= 11 is 0. The zero-order valence-electron chi connectivity index (χ0n) is 17.3. The van der Waals surface area contributed by atoms with Crippen LogP contribution in [0, 0.1) is 0 Å². The maximum atomic E-state index is 14.0. The highest BCUT2D eigenvalue weighted by molar-refractivity contribution is 5.85. The van der Waals surface area contributed by atoms with Gasteiger partial charge in [0.1, 0.15) is 11.5 Å². The van der Waals surface area contributed by atoms with Gasteiger partial charge < -0.3 is 14.8 Å². The van der Waals surface area contributed by atoms with E-state index in [2.05, 4.69) is 5.32 Å². The lowest BCUT2D eigenvalue weighted by Gasteiger charge is -2.34. The molecule has 0 saturated carbocycles. The fourth-order valence-corrected chi connectivity index (χ4v) is 3.58. The molecule has 3 aromatic rings. The lowest BCUT2D eigenvalue weighted by molar-refractivity contribution is 0.0181. The van der Waals surface area contributed by atoms with Crippen molar-refractivity contribution in [2.24, 2.45) is 0 Å². The van der Waals surface area contributed by atoms with E-state index in [4.69, 9.17) is 9.47 Å². The molecule has 0 unspecified atom stereocenters. The summed E-state index contributed by atoms with van der Waals surface area (Å²) in [4.78, 5) is 1.82. The number of hydrogen-bond acceptors (Lipinski definition) is 4. The van der Waals surface area contributed by atoms with E-state index < -0.39 is 12.5 Å². The van der Waals surface area contributed by atoms with Gasteiger partial charge in [-0.1, -0.05) is 42.5 Å². The second-order valence-electron chi connectivity index (χ2n) is 7.10. The second kappa shape index (κ2) is 12.6. The minimum Gasteiger partial charge on any atom is -0.453 e. The SMILES string of the molecule is Cl.Cl.FC(F)[C@@H](c1ccc(Oc2ccccc2)c(Oc2ccccc2)c1)N1CCNCC1. The lowest BCUT2D eigenvalue weighted by Crippen LogP contribution is -2.46. The first-order chi connectivity index (χ1) is 14.7. The first-order valence-corrected chi connectivity index (χ1v) is 10.0. The monoisotopic (exact) mass is 482 g/mol. The van der Waals surface area contributed by atoms with Crippen LogP contribution in [0.4, 0.5) is 8.78 Å². The zero-order valence-corrected chi connectivity index (χ0v) is 19.0. The maximum absolute atomic E-state index is 14.0. The van der Waals surface area contributed by atoms with Crippen LogP contribution in [0.1, 0.15) is 11.6 Å². The van der Waals surface area contributed by atoms with Gasteiger partial charge in [0.05, 0.1) is 6.04 Å². The minimum absolute atomic E-state index is 0. The number of benzene rings is 3. The summed E-state index contributed by atoms with van der Waals surface area (Å²) in [5.41, 5.74) is 0.512. The molecule has 4 nitrogen and oxygen atoms in total. The second-order valence-corrected chi connectivity index (χ2v) is 7.10. The Balaban J connectivity index is 0.00000181. The van der Waals surface area contributed by atoms with Crippen LogP contribution in [0.25, 0.3) is 0 Å². The van der Waals surface area contributed by atoms with Gasteiger partial charge in [-0.05, 0) is 42.0 Å². The summed E-state index contributed by atoms with van der Waals surface area (Å²) in [6.07, 6.45) is -2.51. The molecule has 1 fully saturated rings. The lowest BCUT2D eigenvalue weighted by atomic mass is 10.0. The van der Waals surface area contributed by atoms with Crippen LogP contribution >= 0.6 is 24.8 Å². The molecule has 172 valence electrons. The Morgan fingerprint density at radius 1 is 0.719 bits per heavy atom. The van der Waals surface area contributed by atoms with Gasteiger partial charge in [-0.25, -0.2) is 8.78 Å². The molecule has 0 aliphatic carbocycles. The molecule has 4 rings (SSSR count). The van der Waals surface area contributed by atoms with Crippen molar-refractivity contribution in [3.05, 3.63) is 84.4 Å². The molecule has 1 aliphatic heterocycles. The van der Waals surface area contributed by atoms with E-state index in [9.17, 15) is 8.78 Å². The summed E-state index contributed by atoms with van der Waals surface area (Å²) in [5.74, 6) is 2.14. The van der Waals surface area contributed by atoms with E-state index in [1.165, 1.54) is 0 Å². The number of nitrogens with zero attached hydrogens (tertiary/aromatic N) is 1. The van der Waals surface area contributed by atoms with Crippen LogP contribution in [-0.4, -0.2) is 37.5 Å². The highest BCUT2D eigenvalue weighted by atomic mass is 35.5. The molecule has 1 saturated heterocycles. The molecule has 0 spiro atoms. The van der Waals surface area contributed by atoms with Crippen molar-refractivity contribution in [2.45, 2.75) is 12.5 Å². The fourth-order valence-electron chi connectivity index (χ4n) is 3.58. The van der Waals surface area contributed by atoms with Crippen LogP contribution in [0.3, 0.4) is 0 Å². The average Bonchev–Trinajstić information content (AvgIpc) is 2.77. The molecule has 0 radical (unpaired) electrons. The van der Waals surface area contributed by atoms with Gasteiger partial charge in [-0.2, -0.15) is 0 Å². The Hall–Kier alpha value is -2.38. The van der Waals surface area contributed by atoms with Crippen molar-refractivity contribution in [2.75, 3.05) is 26.2 Å². The molecule has 3 aromatic carbocycles. The van der Waals surface area contributed by atoms with Gasteiger partial charge in [-0.3, -0.25) is 4.90 Å². The Morgan fingerprint density at radius 2 is 1.25 bits per heavy atom. The van der Waals surface area contributed by atoms with Gasteiger partial charge in [0.2, 0.25) is 0 Å². The van der Waals surface area contributed by atoms with E-state index in [0.717, 1.165) is 0 Å². The number of rotatable bonds is 7. The smallest absolute Gasteiger partial charge is 0.258 e. The number of hydrogen-bond donors (Lipinski definition) is 1. The number of ether oxygens (including phenoxy) is 2. The van der Waals surface area contributed by atoms with Gasteiger partial charge in [0, 0.05) is 26.2 Å². The van der Waals surface area contributed by atoms with Crippen molar-refractivity contribution in [1.29, 1.82) is 0 Å². The Morgan fingerprint density at radius 3 is 1.78 bits per heavy atom. The van der Waals surface area contributed by atoms with Gasteiger partial charge >= 0.3 is 0 Å². The van der Waals surface area contributed by atoms with Crippen LogP contribution in [0.15, 0.2) is 78.9 Å². The molecule has 32 heavy (non-hydrogen) atoms. The molecule has 0 bridgehead atoms. The highest BCUT2D eigenvalue weighted by Gasteiger charge is 2.31. The number of nitrogens with one attached hydrogen (secondary N) is 1. The highest BCUT2D eigenvalue weighted by Crippen LogP contribution is 2.39. The van der Waals surface area contributed by atoms with Crippen molar-refractivity contribution < 1.29 is 18.3 Å². The molecule has 8 heteroatoms. The normalized spacial score (nSPS) is 14.7. The molecule has 1 N–H and O–H groups in total. The summed E-state index contributed by atoms with van der Waals surface area (Å²) in [6, 6.07) is 22.7. The summed E-state index contributed by atoms with van der Waals surface area (Å²) in [6.45, 7) is 2.55. The van der Waals surface area contributed by atoms with Crippen LogP contribution in [-0.2, 0) is 0 Å². The number of halogens is 4. The van der Waals surface area contributed by atoms with E-state index in [1.54, 1.807) is 18.2 Å². The van der Waals surface area contributed by atoms with Crippen molar-refractivity contribution in [3.63, 3.8) is 0 Å². The largest absolute Gasteiger partial charge is 0.453 e. The van der Waals surface area contributed by atoms with Gasteiger partial charge in [-0.15, -0.1) is 24.8 Å². The average molecular weight is 483 g/mol. The van der Waals surface area contributed by atoms with Crippen molar-refractivity contribution in [3.8, 4) is 23.0 Å². The Labute approximate surface area is 199 Å². The molecular formula is C24H26Cl2F2N2O2. The zero-order chi connectivity index (χ0) is 20.8. The number of piperazine rings is 1. The molecule has 0 aromatic heterocycles. The standard InChI is InChI=1S/C24H24F2N2O2.2ClH/c25-24(26)23(28-15-13-27-14-16-28)18-11-12-21(29-19-7-3-1-4-8-19)22(17-18)30-20-9-5-2-6-10-20;;/h1-12,17,23-24,27H,13-16H2;2*1H/t23-;;/m1../s1. The molecule has 1 aliphatic rings. The van der Waals surface area contributed by atoms with Crippen molar-refractivity contribution in [1.82, 2.24) is 10.2 Å². The minimum atomic E-state index is -2.51. The third-order valence-corrected chi connectivity index (χ3v) is 5.03. The van der Waals surface area contributed by atoms with E-state index in [-0.39, 0.29) is 24.8 Å². The Kier molecular flexibility index (Phi) is 10.2. The number of para-hydroxylation sites is 2. The van der Waals surface area contributed by atoms with E-state index >= 15 is 0 Å². The first-order valence-electron chi connectivity index (χ1n) is 10.0. The van der Waals surface area contributed by atoms with E-state index in [1.807, 2.05) is 65.6 Å². The predicted molar refractivity (Wildman–Crippen MR) is 127 cm³/mol. The van der Waals surface area contributed by atoms with Gasteiger partial charge in [0.25, 0.3) is 6.43 Å². The van der Waals surface area contributed by atoms with Crippen LogP contribution < -0.4 is 14.8 Å². The first kappa shape index (κ1) is 25.9. The quantitative estimate of drug-likeness (QED) is 0.426. The summed E-state index contributed by atoms with van der Waals surface area (Å²) in [5, 5.41) is 3.21. The maximum Gasteiger partial charge on any atom is 0.258 e. The molecule has 1 atom stereocenters. The van der Waals surface area contributed by atoms with E-state index in [0.29, 0.717) is 54.7 Å². The van der Waals surface area contributed by atoms with Crippen LogP contribution in [0.5, 0.6) is 23.0 Å². The van der Waals surface area contributed by atoms with Crippen LogP contribution in [0.2, 0.25) is 0 Å². The summed E-state index contributed by atoms with van der Waals surface area (Å²) in [7, 11) is 0. The third-order valence-electron chi connectivity index (χ3n) is 5.03. The number of alkyl halides is 2. The predicted octanol–water partition coefficient (Wildman–Crippen LogP) is 6.33. The van der Waals surface area contributed by atoms with Crippen molar-refractivity contribution >= 4 is 24.8 Å². The van der Waals surface area contributed by atoms with Gasteiger partial charge in [0.15, 0.2) is 11.5 Å². The summed E-state index contributed by atoms with van der Waals surface area (Å²) < 4.78 is 40.1. The fraction of sp³-hybridized carbons (Fsp3) is 0.250. The molecule has 1 heterocycles. The molecular weight excluding hydrogens is 457 g/mol. The topological polar surface area (TPSA) is 33.7 Å². The Bertz CT molecular complexity index is 943. The third kappa shape index (κ3) is 6.56. The molecule has 0 amide bonds.